The van der Waals surface area contributed by atoms with Crippen LogP contribution in [0.5, 0.6) is 0 Å². The highest BCUT2D eigenvalue weighted by Crippen LogP contribution is 2.66. The second-order valence-electron chi connectivity index (χ2n) is 12.4. The Morgan fingerprint density at radius 3 is 2.29 bits per heavy atom. The lowest BCUT2D eigenvalue weighted by atomic mass is 9.71. The molecule has 1 radical (unpaired) electrons. The maximum absolute atomic E-state index is 12.1. The molecule has 5 N–H and O–H groups in total. The lowest BCUT2D eigenvalue weighted by molar-refractivity contribution is -0.142. The van der Waals surface area contributed by atoms with Gasteiger partial charge in [-0.25, -0.2) is 18.5 Å². The van der Waals surface area contributed by atoms with Crippen LogP contribution in [0.15, 0.2) is 0 Å². The van der Waals surface area contributed by atoms with Crippen LogP contribution in [0.2, 0.25) is 0 Å². The minimum atomic E-state index is -5.67. The summed E-state index contributed by atoms with van der Waals surface area (Å²) < 4.78 is 85.0. The fraction of sp³-hybridized carbons (Fsp3) is 0.867. The number of carbonyl (C=O) groups excluding carboxylic acids is 2. The topological polar surface area (TPSA) is 271 Å². The fourth-order valence-electron chi connectivity index (χ4n) is 4.18. The van der Waals surface area contributed by atoms with Crippen molar-refractivity contribution in [3.8, 4) is 11.7 Å². The number of ether oxygens (including phenoxy) is 7. The Hall–Kier alpha value is -0.0251. The van der Waals surface area contributed by atoms with Crippen molar-refractivity contribution in [3.63, 3.8) is 0 Å². The summed E-state index contributed by atoms with van der Waals surface area (Å²) in [5.74, 6) is 5.57. The quantitative estimate of drug-likeness (QED) is 0.0105. The molecule has 1 saturated heterocycles. The van der Waals surface area contributed by atoms with Crippen molar-refractivity contribution in [2.24, 2.45) is 0 Å². The summed E-state index contributed by atoms with van der Waals surface area (Å²) in [6.07, 6.45) is 3.85. The molecule has 20 nitrogen and oxygen atoms in total. The fourth-order valence-corrected chi connectivity index (χ4v) is 10.3. The number of phosphoric ester groups is 1. The molecule has 0 aromatic carbocycles. The second kappa shape index (κ2) is 31.8. The largest absolute Gasteiger partial charge is 0.490 e. The van der Waals surface area contributed by atoms with E-state index in [1.54, 1.807) is 21.6 Å². The number of hydrogen-bond donors (Lipinski definition) is 5. The van der Waals surface area contributed by atoms with Crippen LogP contribution in [0, 0.1) is 11.7 Å². The smallest absolute Gasteiger partial charge is 0.465 e. The third kappa shape index (κ3) is 31.8. The summed E-state index contributed by atoms with van der Waals surface area (Å²) in [6.45, 7) is 9.03. The molecule has 0 spiro atoms. The molecule has 1 amide bonds. The van der Waals surface area contributed by atoms with Crippen molar-refractivity contribution in [1.82, 2.24) is 5.32 Å². The summed E-state index contributed by atoms with van der Waals surface area (Å²) in [4.78, 5) is 60.5. The molecule has 1 heterocycles. The number of amides is 1. The predicted octanol–water partition coefficient (Wildman–Crippen LogP) is 5.26. The van der Waals surface area contributed by atoms with Crippen molar-refractivity contribution in [2.45, 2.75) is 88.7 Å². The van der Waals surface area contributed by atoms with Crippen LogP contribution in [-0.2, 0) is 64.8 Å². The zero-order valence-corrected chi connectivity index (χ0v) is 38.9. The molecule has 58 heavy (non-hydrogen) atoms. The number of nitrogens with one attached hydrogen (secondary N) is 1. The van der Waals surface area contributed by atoms with Gasteiger partial charge in [0.05, 0.1) is 45.7 Å². The number of carbonyl (C=O) groups is 2. The van der Waals surface area contributed by atoms with E-state index in [0.29, 0.717) is 58.2 Å². The first kappa shape index (κ1) is 56.0. The minimum absolute atomic E-state index is 0.146. The number of rotatable bonds is 34. The molecular formula is C30H56BNO19P3S4. The minimum Gasteiger partial charge on any atom is -0.465 e. The van der Waals surface area contributed by atoms with Gasteiger partial charge < -0.3 is 58.0 Å². The Morgan fingerprint density at radius 1 is 0.879 bits per heavy atom. The first-order chi connectivity index (χ1) is 27.4. The second-order valence-corrected chi connectivity index (χ2v) is 22.3. The third-order valence-corrected chi connectivity index (χ3v) is 15.2. The van der Waals surface area contributed by atoms with Crippen LogP contribution in [0.1, 0.15) is 65.7 Å². The van der Waals surface area contributed by atoms with Gasteiger partial charge in [-0.1, -0.05) is 56.5 Å². The summed E-state index contributed by atoms with van der Waals surface area (Å²) >= 11 is 0. The summed E-state index contributed by atoms with van der Waals surface area (Å²) in [6, 6.07) is -0.639. The highest BCUT2D eigenvalue weighted by Gasteiger charge is 2.43. The standard InChI is InChI=1S/C30H56BNO19P3S4/c1-5-6-14-42-19-20-43-18-13-32-29(34)46-17-11-30(2,3)58-57-23-44-15-7-8-16-45-28(33)10-9-12-31-27-21-25(47-24-56-55-4)26(49-27)22-48-53(38,39)51-54(40,41)50-52(35,36)37/h25-27H,5-8,10-11,13-24H2,1-4H3,(H,32,34)(H,38,39)(H,40,41)(H2,35,36,37)/t25-,26+,27+/m0/s1. The normalized spacial score (nSPS) is 19.1. The number of phosphoric acid groups is 3. The van der Waals surface area contributed by atoms with Crippen LogP contribution in [-0.4, -0.2) is 139 Å². The van der Waals surface area contributed by atoms with E-state index in [4.69, 9.17) is 47.5 Å². The van der Waals surface area contributed by atoms with Crippen LogP contribution >= 0.6 is 66.6 Å². The van der Waals surface area contributed by atoms with Crippen LogP contribution in [0.3, 0.4) is 0 Å². The van der Waals surface area contributed by atoms with E-state index in [0.717, 1.165) is 19.4 Å². The predicted molar refractivity (Wildman–Crippen MR) is 223 cm³/mol. The van der Waals surface area contributed by atoms with E-state index in [-0.39, 0.29) is 36.7 Å². The van der Waals surface area contributed by atoms with Gasteiger partial charge in [-0.2, -0.15) is 14.4 Å². The van der Waals surface area contributed by atoms with E-state index in [2.05, 4.69) is 46.4 Å². The first-order valence-corrected chi connectivity index (χ1v) is 27.6. The van der Waals surface area contributed by atoms with Crippen molar-refractivity contribution in [1.29, 1.82) is 0 Å². The molecule has 2 unspecified atom stereocenters. The van der Waals surface area contributed by atoms with Crippen molar-refractivity contribution in [3.05, 3.63) is 0 Å². The van der Waals surface area contributed by atoms with Gasteiger partial charge >= 0.3 is 35.5 Å². The van der Waals surface area contributed by atoms with E-state index in [1.807, 2.05) is 6.26 Å². The lowest BCUT2D eigenvalue weighted by Crippen LogP contribution is -2.29. The summed E-state index contributed by atoms with van der Waals surface area (Å²) in [7, 11) is -9.08. The molecule has 0 saturated carbocycles. The Labute approximate surface area is 356 Å². The first-order valence-electron chi connectivity index (χ1n) is 18.0. The molecule has 1 rings (SSSR count). The zero-order valence-electron chi connectivity index (χ0n) is 32.9. The maximum atomic E-state index is 12.1. The molecule has 0 aliphatic carbocycles. The zero-order chi connectivity index (χ0) is 43.3. The Kier molecular flexibility index (Phi) is 30.7. The van der Waals surface area contributed by atoms with Gasteiger partial charge in [0.25, 0.3) is 7.28 Å². The van der Waals surface area contributed by atoms with Gasteiger partial charge in [0.15, 0.2) is 0 Å². The Morgan fingerprint density at radius 2 is 1.59 bits per heavy atom. The Balaban J connectivity index is 2.20. The van der Waals surface area contributed by atoms with E-state index in [1.165, 1.54) is 28.9 Å². The maximum Gasteiger partial charge on any atom is 0.490 e. The van der Waals surface area contributed by atoms with Crippen molar-refractivity contribution >= 4 is 86.0 Å². The molecular weight excluding hydrogens is 910 g/mol. The summed E-state index contributed by atoms with van der Waals surface area (Å²) in [5, 5.41) is 2.66. The third-order valence-electron chi connectivity index (χ3n) is 6.93. The molecule has 337 valence electrons. The van der Waals surface area contributed by atoms with Crippen LogP contribution in [0.25, 0.3) is 0 Å². The van der Waals surface area contributed by atoms with Gasteiger partial charge in [-0.3, -0.25) is 9.32 Å². The van der Waals surface area contributed by atoms with Gasteiger partial charge in [0.2, 0.25) is 0 Å². The highest BCUT2D eigenvalue weighted by atomic mass is 33.1. The van der Waals surface area contributed by atoms with Gasteiger partial charge in [-0.05, 0) is 52.2 Å². The van der Waals surface area contributed by atoms with Crippen LogP contribution in [0.4, 0.5) is 4.79 Å². The van der Waals surface area contributed by atoms with Crippen molar-refractivity contribution < 1.29 is 89.2 Å². The molecule has 0 aromatic heterocycles. The average molecular weight is 967 g/mol. The summed E-state index contributed by atoms with van der Waals surface area (Å²) in [5.41, 5.74) is 0. The van der Waals surface area contributed by atoms with Gasteiger partial charge in [0.1, 0.15) is 24.4 Å². The molecule has 0 bridgehead atoms. The highest BCUT2D eigenvalue weighted by molar-refractivity contribution is 8.77. The number of alkyl carbamates (subject to hydrolysis) is 1. The monoisotopic (exact) mass is 966 g/mol. The Bertz CT molecular complexity index is 1380. The van der Waals surface area contributed by atoms with Crippen LogP contribution < -0.4 is 5.32 Å². The molecule has 0 aromatic rings. The molecule has 1 aliphatic rings. The van der Waals surface area contributed by atoms with Gasteiger partial charge in [-0.15, -0.1) is 5.92 Å². The number of esters is 1. The average Bonchev–Trinajstić information content (AvgIpc) is 3.51. The number of unbranched alkanes of at least 4 members (excludes halogenated alkanes) is 2. The lowest BCUT2D eigenvalue weighted by Gasteiger charge is -2.22. The molecule has 28 heteroatoms. The van der Waals surface area contributed by atoms with Gasteiger partial charge in [0, 0.05) is 30.5 Å². The molecule has 5 atom stereocenters. The molecule has 1 aliphatic heterocycles. The van der Waals surface area contributed by atoms with E-state index in [9.17, 15) is 33.1 Å². The SMILES string of the molecule is CCCCOCCOCCNC(=O)OCCC(C)(C)SSCOCCCCOC(=O)CC#C[B][C@H]1C[C@H](OCSSC)[C@@H](COP(=O)(O)OP(=O)(O)OP(=O)(O)O)O1. The van der Waals surface area contributed by atoms with Crippen molar-refractivity contribution in [2.75, 3.05) is 77.5 Å². The van der Waals surface area contributed by atoms with E-state index >= 15 is 0 Å². The van der Waals surface area contributed by atoms with E-state index < -0.39 is 60.3 Å². The molecule has 1 fully saturated rings. The number of hydrogen-bond acceptors (Lipinski definition) is 19.